The molecule has 248 valence electrons. The molecule has 0 unspecified atom stereocenters. The van der Waals surface area contributed by atoms with Crippen molar-refractivity contribution in [2.45, 2.75) is 75.9 Å². The summed E-state index contributed by atoms with van der Waals surface area (Å²) < 4.78 is 12.9. The number of likely N-dealkylation sites (tertiary alicyclic amines) is 1. The second kappa shape index (κ2) is 13.4. The Morgan fingerprint density at radius 3 is 2.83 bits per heavy atom. The van der Waals surface area contributed by atoms with Crippen LogP contribution in [0.15, 0.2) is 29.7 Å². The number of allylic oxidation sites excluding steroid dienone is 2. The molecule has 1 amide bonds. The fourth-order valence-electron chi connectivity index (χ4n) is 7.35. The van der Waals surface area contributed by atoms with Crippen LogP contribution in [-0.4, -0.2) is 87.4 Å². The zero-order valence-corrected chi connectivity index (χ0v) is 27.8. The lowest BCUT2D eigenvalue weighted by Crippen LogP contribution is -2.38. The number of amides is 1. The Labute approximate surface area is 277 Å². The second-order valence-electron chi connectivity index (χ2n) is 12.5. The molecule has 1 spiro atoms. The van der Waals surface area contributed by atoms with Crippen LogP contribution in [0.3, 0.4) is 0 Å². The number of nitrogens with two attached hydrogens (primary N) is 1. The molecular formula is C33H41N9O4S. The van der Waals surface area contributed by atoms with Crippen LogP contribution in [0, 0.1) is 16.7 Å². The van der Waals surface area contributed by atoms with Gasteiger partial charge >= 0.3 is 0 Å². The number of aliphatic hydroxyl groups is 1. The maximum Gasteiger partial charge on any atom is 0.271 e. The van der Waals surface area contributed by atoms with E-state index in [0.717, 1.165) is 49.1 Å². The summed E-state index contributed by atoms with van der Waals surface area (Å²) in [5, 5.41) is 39.0. The normalized spacial score (nSPS) is 21.8. The number of carbonyl (C=O) groups is 1. The quantitative estimate of drug-likeness (QED) is 0.183. The molecule has 3 atom stereocenters. The highest BCUT2D eigenvalue weighted by Gasteiger charge is 2.47. The number of nitrogens with zero attached hydrogens (tertiary/aromatic N) is 6. The average molecular weight is 660 g/mol. The highest BCUT2D eigenvalue weighted by Crippen LogP contribution is 2.54. The van der Waals surface area contributed by atoms with Gasteiger partial charge in [0.1, 0.15) is 28.6 Å². The van der Waals surface area contributed by atoms with Crippen LogP contribution in [-0.2, 0) is 16.6 Å². The number of fused-ring (bicyclic) bond motifs is 2. The van der Waals surface area contributed by atoms with Crippen LogP contribution in [0.25, 0.3) is 5.82 Å². The monoisotopic (exact) mass is 659 g/mol. The molecule has 0 bridgehead atoms. The number of methoxy groups -OCH3 is 1. The number of nitrogens with one attached hydrogen (secondary N) is 2. The lowest BCUT2D eigenvalue weighted by molar-refractivity contribution is 0.0931. The Kier molecular flexibility index (Phi) is 9.32. The van der Waals surface area contributed by atoms with Gasteiger partial charge in [-0.2, -0.15) is 15.3 Å². The van der Waals surface area contributed by atoms with Crippen LogP contribution in [0.2, 0.25) is 0 Å². The number of hydrogen-bond donors (Lipinski definition) is 4. The lowest BCUT2D eigenvalue weighted by atomic mass is 9.63. The fraction of sp³-hybridized carbons (Fsp3) is 0.515. The summed E-state index contributed by atoms with van der Waals surface area (Å²) in [6.45, 7) is 3.72. The number of aryl methyl sites for hydroxylation is 1. The highest BCUT2D eigenvalue weighted by atomic mass is 32.1. The zero-order valence-electron chi connectivity index (χ0n) is 27.0. The smallest absolute Gasteiger partial charge is 0.271 e. The number of ether oxygens (including phenoxy) is 2. The van der Waals surface area contributed by atoms with E-state index in [0.29, 0.717) is 54.4 Å². The third-order valence-corrected chi connectivity index (χ3v) is 10.7. The van der Waals surface area contributed by atoms with Crippen molar-refractivity contribution in [3.63, 3.8) is 0 Å². The SMILES string of the molecule is COCCNC(=O)c1ccn(-c2cc(O[C@@H](C)[C@@H]3CCCN3C)nc(C(=N)C3=C(O)[C@@]4(CCC3)CCCc3sc(N)c(C#N)c34)n2)n1. The minimum Gasteiger partial charge on any atom is -0.511 e. The van der Waals surface area contributed by atoms with Crippen LogP contribution in [0.4, 0.5) is 5.00 Å². The Bertz CT molecular complexity index is 1760. The van der Waals surface area contributed by atoms with Crippen molar-refractivity contribution in [3.05, 3.63) is 57.2 Å². The van der Waals surface area contributed by atoms with Crippen molar-refractivity contribution < 1.29 is 19.4 Å². The van der Waals surface area contributed by atoms with Crippen molar-refractivity contribution in [2.75, 3.05) is 39.6 Å². The molecule has 4 heterocycles. The van der Waals surface area contributed by atoms with Crippen molar-refractivity contribution in [1.29, 1.82) is 10.7 Å². The molecule has 0 saturated carbocycles. The maximum absolute atomic E-state index is 12.7. The van der Waals surface area contributed by atoms with E-state index in [2.05, 4.69) is 33.4 Å². The summed E-state index contributed by atoms with van der Waals surface area (Å²) in [6, 6.07) is 5.73. The first kappa shape index (κ1) is 32.6. The second-order valence-corrected chi connectivity index (χ2v) is 13.7. The topological polar surface area (TPSA) is 188 Å². The molecule has 6 rings (SSSR count). The van der Waals surface area contributed by atoms with Crippen molar-refractivity contribution in [2.24, 2.45) is 0 Å². The summed E-state index contributed by atoms with van der Waals surface area (Å²) in [5.41, 5.74) is 7.37. The largest absolute Gasteiger partial charge is 0.511 e. The molecule has 3 aromatic rings. The first-order chi connectivity index (χ1) is 22.7. The minimum absolute atomic E-state index is 0.0163. The number of carbonyl (C=O) groups excluding carboxylic acids is 1. The molecule has 1 fully saturated rings. The van der Waals surface area contributed by atoms with Crippen molar-refractivity contribution in [1.82, 2.24) is 30.0 Å². The predicted octanol–water partition coefficient (Wildman–Crippen LogP) is 4.05. The van der Waals surface area contributed by atoms with Crippen LogP contribution in [0.5, 0.6) is 5.88 Å². The van der Waals surface area contributed by atoms with E-state index in [9.17, 15) is 20.6 Å². The number of aliphatic hydroxyl groups excluding tert-OH is 1. The molecule has 5 N–H and O–H groups in total. The number of nitrogen functional groups attached to an aromatic ring is 1. The first-order valence-corrected chi connectivity index (χ1v) is 16.9. The Balaban J connectivity index is 1.39. The summed E-state index contributed by atoms with van der Waals surface area (Å²) >= 11 is 1.42. The van der Waals surface area contributed by atoms with Gasteiger partial charge in [0.2, 0.25) is 5.88 Å². The molecule has 0 radical (unpaired) electrons. The zero-order chi connectivity index (χ0) is 33.3. The Hall–Kier alpha value is -4.32. The van der Waals surface area contributed by atoms with E-state index in [-0.39, 0.29) is 46.9 Å². The Morgan fingerprint density at radius 2 is 2.11 bits per heavy atom. The third kappa shape index (κ3) is 6.10. The van der Waals surface area contributed by atoms with Crippen LogP contribution < -0.4 is 15.8 Å². The van der Waals surface area contributed by atoms with E-state index >= 15 is 0 Å². The number of anilines is 1. The molecule has 3 aliphatic rings. The van der Waals surface area contributed by atoms with E-state index in [1.807, 2.05) is 6.92 Å². The maximum atomic E-state index is 12.7. The van der Waals surface area contributed by atoms with Gasteiger partial charge in [-0.1, -0.05) is 0 Å². The number of hydrogen-bond acceptors (Lipinski definition) is 12. The van der Waals surface area contributed by atoms with E-state index in [1.54, 1.807) is 25.4 Å². The standard InChI is InChI=1S/C33H41N9O4S/c1-19(23-8-6-14-41(23)2)46-26-17-25(42-15-10-22(40-42)32(44)37-13-16-45-3)38-31(39-26)28(35)20-7-4-11-33(29(20)43)12-5-9-24-27(33)21(18-34)30(36)47-24/h10,15,17,19,23,35,43H,4-9,11-14,16,36H2,1-3H3,(H,37,44)/t19-,23-,33-/m0/s1. The highest BCUT2D eigenvalue weighted by molar-refractivity contribution is 7.16. The van der Waals surface area contributed by atoms with Crippen molar-refractivity contribution >= 4 is 28.0 Å². The van der Waals surface area contributed by atoms with Crippen LogP contribution in [0.1, 0.15) is 84.2 Å². The van der Waals surface area contributed by atoms with Gasteiger partial charge in [0.25, 0.3) is 5.91 Å². The molecule has 2 aliphatic carbocycles. The third-order valence-electron chi connectivity index (χ3n) is 9.66. The lowest BCUT2D eigenvalue weighted by Gasteiger charge is -2.41. The van der Waals surface area contributed by atoms with Gasteiger partial charge in [0, 0.05) is 42.4 Å². The summed E-state index contributed by atoms with van der Waals surface area (Å²) in [7, 11) is 3.64. The minimum atomic E-state index is -0.780. The van der Waals surface area contributed by atoms with Gasteiger partial charge < -0.3 is 25.6 Å². The number of likely N-dealkylation sites (N-methyl/N-ethyl adjacent to an activating group) is 1. The first-order valence-electron chi connectivity index (χ1n) is 16.1. The summed E-state index contributed by atoms with van der Waals surface area (Å²) in [4.78, 5) is 25.3. The van der Waals surface area contributed by atoms with E-state index < -0.39 is 5.41 Å². The van der Waals surface area contributed by atoms with Gasteiger partial charge in [-0.15, -0.1) is 11.3 Å². The molecule has 1 saturated heterocycles. The van der Waals surface area contributed by atoms with Gasteiger partial charge in [0.05, 0.1) is 17.6 Å². The molecule has 1 aliphatic heterocycles. The van der Waals surface area contributed by atoms with Gasteiger partial charge in [-0.3, -0.25) is 15.1 Å². The van der Waals surface area contributed by atoms with E-state index in [4.69, 9.17) is 20.2 Å². The molecular weight excluding hydrogens is 618 g/mol. The number of rotatable bonds is 10. The molecule has 0 aromatic carbocycles. The number of aromatic nitrogens is 4. The van der Waals surface area contributed by atoms with E-state index in [1.165, 1.54) is 16.0 Å². The predicted molar refractivity (Wildman–Crippen MR) is 178 cm³/mol. The van der Waals surface area contributed by atoms with Gasteiger partial charge in [-0.25, -0.2) is 9.67 Å². The number of thiophene rings is 1. The Morgan fingerprint density at radius 1 is 1.32 bits per heavy atom. The van der Waals surface area contributed by atoms with Crippen LogP contribution >= 0.6 is 11.3 Å². The summed E-state index contributed by atoms with van der Waals surface area (Å²) in [6.07, 6.45) is 7.69. The molecule has 3 aromatic heterocycles. The number of nitriles is 1. The fourth-order valence-corrected chi connectivity index (χ4v) is 8.52. The van der Waals surface area contributed by atoms with Gasteiger partial charge in [-0.05, 0) is 83.5 Å². The average Bonchev–Trinajstić information content (AvgIpc) is 3.80. The van der Waals surface area contributed by atoms with Gasteiger partial charge in [0.15, 0.2) is 17.3 Å². The molecule has 47 heavy (non-hydrogen) atoms. The molecule has 13 nitrogen and oxygen atoms in total. The van der Waals surface area contributed by atoms with Crippen molar-refractivity contribution in [3.8, 4) is 17.8 Å². The molecule has 14 heteroatoms. The summed E-state index contributed by atoms with van der Waals surface area (Å²) in [5.74, 6) is 0.409.